The number of sulfone groups is 1. The summed E-state index contributed by atoms with van der Waals surface area (Å²) in [6, 6.07) is 5.77. The highest BCUT2D eigenvalue weighted by atomic mass is 32.2. The van der Waals surface area contributed by atoms with Gasteiger partial charge in [0.25, 0.3) is 0 Å². The van der Waals surface area contributed by atoms with E-state index in [0.717, 1.165) is 30.2 Å². The SMILES string of the molecule is CS(=O)(=O)CCN1CCN(C(=O)CCc2ccc3c(c2)OCO3)CC1. The van der Waals surface area contributed by atoms with Crippen LogP contribution in [0.25, 0.3) is 0 Å². The Hall–Kier alpha value is -1.80. The number of nitrogens with zero attached hydrogens (tertiary/aromatic N) is 2. The van der Waals surface area contributed by atoms with Crippen LogP contribution in [0.2, 0.25) is 0 Å². The van der Waals surface area contributed by atoms with E-state index in [-0.39, 0.29) is 18.5 Å². The lowest BCUT2D eigenvalue weighted by Crippen LogP contribution is -2.49. The standard InChI is InChI=1S/C17H24N2O5S/c1-25(21,22)11-10-18-6-8-19(9-7-18)17(20)5-3-14-2-4-15-16(12-14)24-13-23-15/h2,4,12H,3,5-11,13H2,1H3. The molecule has 1 saturated heterocycles. The fourth-order valence-electron chi connectivity index (χ4n) is 3.02. The number of ether oxygens (including phenoxy) is 2. The molecule has 8 heteroatoms. The van der Waals surface area contributed by atoms with Gasteiger partial charge in [0, 0.05) is 45.4 Å². The topological polar surface area (TPSA) is 76.2 Å². The second-order valence-electron chi connectivity index (χ2n) is 6.54. The third-order valence-corrected chi connectivity index (χ3v) is 5.49. The van der Waals surface area contributed by atoms with Crippen molar-refractivity contribution >= 4 is 15.7 Å². The Kier molecular flexibility index (Phi) is 5.48. The number of fused-ring (bicyclic) bond motifs is 1. The molecule has 3 rings (SSSR count). The maximum Gasteiger partial charge on any atom is 0.231 e. The normalized spacial score (nSPS) is 17.7. The van der Waals surface area contributed by atoms with E-state index in [0.29, 0.717) is 32.5 Å². The number of hydrogen-bond acceptors (Lipinski definition) is 6. The number of rotatable bonds is 6. The van der Waals surface area contributed by atoms with Crippen LogP contribution in [-0.4, -0.2) is 75.7 Å². The van der Waals surface area contributed by atoms with Gasteiger partial charge in [-0.3, -0.25) is 9.69 Å². The monoisotopic (exact) mass is 368 g/mol. The summed E-state index contributed by atoms with van der Waals surface area (Å²) in [5.41, 5.74) is 1.06. The minimum atomic E-state index is -2.94. The van der Waals surface area contributed by atoms with Gasteiger partial charge in [0.1, 0.15) is 9.84 Å². The summed E-state index contributed by atoms with van der Waals surface area (Å²) in [6.45, 7) is 3.56. The van der Waals surface area contributed by atoms with Crippen molar-refractivity contribution in [1.82, 2.24) is 9.80 Å². The minimum Gasteiger partial charge on any atom is -0.454 e. The molecule has 0 unspecified atom stereocenters. The Morgan fingerprint density at radius 2 is 1.84 bits per heavy atom. The summed E-state index contributed by atoms with van der Waals surface area (Å²) in [7, 11) is -2.94. The Labute approximate surface area is 148 Å². The lowest BCUT2D eigenvalue weighted by Gasteiger charge is -2.34. The molecule has 1 amide bonds. The van der Waals surface area contributed by atoms with Crippen molar-refractivity contribution < 1.29 is 22.7 Å². The first-order valence-electron chi connectivity index (χ1n) is 8.47. The van der Waals surface area contributed by atoms with Gasteiger partial charge >= 0.3 is 0 Å². The summed E-state index contributed by atoms with van der Waals surface area (Å²) in [6.07, 6.45) is 2.38. The van der Waals surface area contributed by atoms with Crippen molar-refractivity contribution in [3.63, 3.8) is 0 Å². The summed E-state index contributed by atoms with van der Waals surface area (Å²) in [5.74, 6) is 1.80. The molecule has 7 nitrogen and oxygen atoms in total. The van der Waals surface area contributed by atoms with Gasteiger partial charge in [-0.1, -0.05) is 6.07 Å². The predicted octanol–water partition coefficient (Wildman–Crippen LogP) is 0.537. The first kappa shape index (κ1) is 18.0. The van der Waals surface area contributed by atoms with E-state index in [9.17, 15) is 13.2 Å². The highest BCUT2D eigenvalue weighted by molar-refractivity contribution is 7.90. The van der Waals surface area contributed by atoms with Crippen molar-refractivity contribution in [2.24, 2.45) is 0 Å². The molecular formula is C17H24N2O5S. The van der Waals surface area contributed by atoms with Gasteiger partial charge in [0.05, 0.1) is 5.75 Å². The van der Waals surface area contributed by atoms with Gasteiger partial charge < -0.3 is 14.4 Å². The number of benzene rings is 1. The molecular weight excluding hydrogens is 344 g/mol. The summed E-state index contributed by atoms with van der Waals surface area (Å²) in [5, 5.41) is 0. The Morgan fingerprint density at radius 3 is 2.56 bits per heavy atom. The molecule has 0 spiro atoms. The molecule has 1 aromatic carbocycles. The number of amides is 1. The van der Waals surface area contributed by atoms with Crippen LogP contribution < -0.4 is 9.47 Å². The van der Waals surface area contributed by atoms with E-state index in [4.69, 9.17) is 9.47 Å². The molecule has 0 aromatic heterocycles. The van der Waals surface area contributed by atoms with Gasteiger partial charge in [-0.15, -0.1) is 0 Å². The summed E-state index contributed by atoms with van der Waals surface area (Å²) >= 11 is 0. The Morgan fingerprint density at radius 1 is 1.12 bits per heavy atom. The van der Waals surface area contributed by atoms with Crippen molar-refractivity contribution in [2.75, 3.05) is 51.5 Å². The van der Waals surface area contributed by atoms with E-state index in [1.165, 1.54) is 6.26 Å². The molecule has 1 fully saturated rings. The predicted molar refractivity (Wildman–Crippen MR) is 93.6 cm³/mol. The van der Waals surface area contributed by atoms with Crippen molar-refractivity contribution in [2.45, 2.75) is 12.8 Å². The maximum absolute atomic E-state index is 12.4. The largest absolute Gasteiger partial charge is 0.454 e. The van der Waals surface area contributed by atoms with Gasteiger partial charge in [-0.05, 0) is 24.1 Å². The zero-order valence-electron chi connectivity index (χ0n) is 14.4. The zero-order valence-corrected chi connectivity index (χ0v) is 15.3. The molecule has 2 aliphatic rings. The third-order valence-electron chi connectivity index (χ3n) is 4.57. The minimum absolute atomic E-state index is 0.139. The second kappa shape index (κ2) is 7.61. The number of aryl methyl sites for hydroxylation is 1. The Bertz CT molecular complexity index is 727. The fraction of sp³-hybridized carbons (Fsp3) is 0.588. The highest BCUT2D eigenvalue weighted by Crippen LogP contribution is 2.32. The average Bonchev–Trinajstić information content (AvgIpc) is 3.05. The fourth-order valence-corrected chi connectivity index (χ4v) is 3.61. The van der Waals surface area contributed by atoms with Crippen molar-refractivity contribution in [3.05, 3.63) is 23.8 Å². The number of carbonyl (C=O) groups excluding carboxylic acids is 1. The van der Waals surface area contributed by atoms with Crippen LogP contribution in [0.3, 0.4) is 0 Å². The molecule has 1 aromatic rings. The van der Waals surface area contributed by atoms with Crippen LogP contribution in [0.4, 0.5) is 0 Å². The Balaban J connectivity index is 1.42. The van der Waals surface area contributed by atoms with Crippen molar-refractivity contribution in [1.29, 1.82) is 0 Å². The first-order chi connectivity index (χ1) is 11.9. The molecule has 0 atom stereocenters. The lowest BCUT2D eigenvalue weighted by atomic mass is 10.1. The molecule has 0 bridgehead atoms. The number of carbonyl (C=O) groups is 1. The second-order valence-corrected chi connectivity index (χ2v) is 8.80. The van der Waals surface area contributed by atoms with Gasteiger partial charge in [0.15, 0.2) is 11.5 Å². The first-order valence-corrected chi connectivity index (χ1v) is 10.5. The van der Waals surface area contributed by atoms with E-state index in [1.54, 1.807) is 0 Å². The number of hydrogen-bond donors (Lipinski definition) is 0. The summed E-state index contributed by atoms with van der Waals surface area (Å²) in [4.78, 5) is 16.3. The van der Waals surface area contributed by atoms with Crippen LogP contribution in [-0.2, 0) is 21.1 Å². The van der Waals surface area contributed by atoms with Gasteiger partial charge in [0.2, 0.25) is 12.7 Å². The van der Waals surface area contributed by atoms with Gasteiger partial charge in [-0.25, -0.2) is 8.42 Å². The number of piperazine rings is 1. The zero-order chi connectivity index (χ0) is 17.9. The third kappa shape index (κ3) is 5.09. The molecule has 0 saturated carbocycles. The van der Waals surface area contributed by atoms with Crippen LogP contribution in [0, 0.1) is 0 Å². The van der Waals surface area contributed by atoms with Crippen LogP contribution in [0.15, 0.2) is 18.2 Å². The van der Waals surface area contributed by atoms with E-state index < -0.39 is 9.84 Å². The van der Waals surface area contributed by atoms with Crippen molar-refractivity contribution in [3.8, 4) is 11.5 Å². The molecule has 0 N–H and O–H groups in total. The van der Waals surface area contributed by atoms with E-state index in [1.807, 2.05) is 23.1 Å². The molecule has 0 radical (unpaired) electrons. The highest BCUT2D eigenvalue weighted by Gasteiger charge is 2.21. The molecule has 0 aliphatic carbocycles. The van der Waals surface area contributed by atoms with E-state index in [2.05, 4.69) is 4.90 Å². The molecule has 138 valence electrons. The van der Waals surface area contributed by atoms with Crippen LogP contribution in [0.1, 0.15) is 12.0 Å². The lowest BCUT2D eigenvalue weighted by molar-refractivity contribution is -0.132. The smallest absolute Gasteiger partial charge is 0.231 e. The quantitative estimate of drug-likeness (QED) is 0.729. The molecule has 25 heavy (non-hydrogen) atoms. The molecule has 2 heterocycles. The van der Waals surface area contributed by atoms with E-state index >= 15 is 0 Å². The van der Waals surface area contributed by atoms with Gasteiger partial charge in [-0.2, -0.15) is 0 Å². The van der Waals surface area contributed by atoms with Crippen LogP contribution >= 0.6 is 0 Å². The average molecular weight is 368 g/mol. The van der Waals surface area contributed by atoms with Crippen LogP contribution in [0.5, 0.6) is 11.5 Å². The molecule has 2 aliphatic heterocycles. The summed E-state index contributed by atoms with van der Waals surface area (Å²) < 4.78 is 33.1. The maximum atomic E-state index is 12.4.